The lowest BCUT2D eigenvalue weighted by Gasteiger charge is -2.17. The predicted molar refractivity (Wildman–Crippen MR) is 57.0 cm³/mol. The second-order valence-corrected chi connectivity index (χ2v) is 3.62. The van der Waals surface area contributed by atoms with E-state index in [1.807, 2.05) is 0 Å². The molecule has 0 saturated heterocycles. The number of hydrogen-bond donors (Lipinski definition) is 3. The third-order valence-electron chi connectivity index (χ3n) is 2.13. The standard InChI is InChI=1S/C10H10ClFN2O2/c11-8-5(1-2-6(14)9(8)12)10(16)7(15)3-4-13/h1-2,7,10,15-16H,3,14H2. The van der Waals surface area contributed by atoms with Crippen LogP contribution in [0.4, 0.5) is 10.1 Å². The van der Waals surface area contributed by atoms with E-state index < -0.39 is 18.0 Å². The summed E-state index contributed by atoms with van der Waals surface area (Å²) in [5, 5.41) is 27.0. The Morgan fingerprint density at radius 3 is 2.69 bits per heavy atom. The summed E-state index contributed by atoms with van der Waals surface area (Å²) in [4.78, 5) is 0. The maximum absolute atomic E-state index is 13.3. The lowest BCUT2D eigenvalue weighted by atomic mass is 10.0. The quantitative estimate of drug-likeness (QED) is 0.701. The van der Waals surface area contributed by atoms with Gasteiger partial charge in [0.2, 0.25) is 0 Å². The van der Waals surface area contributed by atoms with Gasteiger partial charge in [0.1, 0.15) is 6.10 Å². The van der Waals surface area contributed by atoms with Crippen LogP contribution in [0.2, 0.25) is 5.02 Å². The highest BCUT2D eigenvalue weighted by Gasteiger charge is 2.22. The first-order chi connectivity index (χ1) is 7.49. The van der Waals surface area contributed by atoms with Crippen molar-refractivity contribution in [2.75, 3.05) is 5.73 Å². The molecule has 0 heterocycles. The summed E-state index contributed by atoms with van der Waals surface area (Å²) in [6, 6.07) is 4.24. The van der Waals surface area contributed by atoms with Crippen molar-refractivity contribution in [2.45, 2.75) is 18.6 Å². The Bertz CT molecular complexity index is 434. The molecule has 86 valence electrons. The van der Waals surface area contributed by atoms with Gasteiger partial charge in [-0.3, -0.25) is 0 Å². The van der Waals surface area contributed by atoms with E-state index in [0.29, 0.717) is 0 Å². The molecule has 6 heteroatoms. The maximum atomic E-state index is 13.3. The summed E-state index contributed by atoms with van der Waals surface area (Å²) in [7, 11) is 0. The first-order valence-electron chi connectivity index (χ1n) is 4.45. The van der Waals surface area contributed by atoms with Crippen LogP contribution in [0.5, 0.6) is 0 Å². The number of rotatable bonds is 3. The monoisotopic (exact) mass is 244 g/mol. The summed E-state index contributed by atoms with van der Waals surface area (Å²) >= 11 is 5.63. The number of anilines is 1. The molecule has 0 radical (unpaired) electrons. The van der Waals surface area contributed by atoms with Crippen molar-refractivity contribution < 1.29 is 14.6 Å². The van der Waals surface area contributed by atoms with Gasteiger partial charge in [-0.05, 0) is 6.07 Å². The van der Waals surface area contributed by atoms with E-state index in [2.05, 4.69) is 0 Å². The van der Waals surface area contributed by atoms with Gasteiger partial charge in [0, 0.05) is 5.56 Å². The number of benzene rings is 1. The molecule has 1 rings (SSSR count). The molecule has 4 N–H and O–H groups in total. The molecule has 0 saturated carbocycles. The molecule has 0 aliphatic rings. The predicted octanol–water partition coefficient (Wildman–Crippen LogP) is 1.37. The van der Waals surface area contributed by atoms with Crippen LogP contribution in [0.3, 0.4) is 0 Å². The third-order valence-corrected chi connectivity index (χ3v) is 2.51. The summed E-state index contributed by atoms with van der Waals surface area (Å²) < 4.78 is 13.3. The van der Waals surface area contributed by atoms with Gasteiger partial charge < -0.3 is 15.9 Å². The Balaban J connectivity index is 3.06. The largest absolute Gasteiger partial charge is 0.396 e. The van der Waals surface area contributed by atoms with E-state index >= 15 is 0 Å². The van der Waals surface area contributed by atoms with Crippen LogP contribution in [0, 0.1) is 17.1 Å². The third kappa shape index (κ3) is 2.42. The van der Waals surface area contributed by atoms with Gasteiger partial charge in [0.05, 0.1) is 29.3 Å². The Morgan fingerprint density at radius 2 is 2.12 bits per heavy atom. The minimum absolute atomic E-state index is 0.0103. The smallest absolute Gasteiger partial charge is 0.165 e. The maximum Gasteiger partial charge on any atom is 0.165 e. The molecule has 16 heavy (non-hydrogen) atoms. The molecule has 0 aliphatic carbocycles. The number of halogens is 2. The lowest BCUT2D eigenvalue weighted by molar-refractivity contribution is 0.0215. The molecule has 4 nitrogen and oxygen atoms in total. The number of nitrogens with zero attached hydrogens (tertiary/aromatic N) is 1. The van der Waals surface area contributed by atoms with Crippen molar-refractivity contribution >= 4 is 17.3 Å². The van der Waals surface area contributed by atoms with E-state index in [1.165, 1.54) is 12.1 Å². The number of nitrogens with two attached hydrogens (primary N) is 1. The van der Waals surface area contributed by atoms with E-state index in [9.17, 15) is 14.6 Å². The molecule has 0 spiro atoms. The van der Waals surface area contributed by atoms with E-state index in [0.717, 1.165) is 0 Å². The second-order valence-electron chi connectivity index (χ2n) is 3.25. The SMILES string of the molecule is N#CCC(O)C(O)c1ccc(N)c(F)c1Cl. The Hall–Kier alpha value is -1.35. The molecule has 0 aromatic heterocycles. The number of nitrogen functional groups attached to an aromatic ring is 1. The summed E-state index contributed by atoms with van der Waals surface area (Å²) in [6.45, 7) is 0. The number of aliphatic hydroxyl groups is 2. The molecular weight excluding hydrogens is 235 g/mol. The van der Waals surface area contributed by atoms with Crippen molar-refractivity contribution in [3.05, 3.63) is 28.5 Å². The van der Waals surface area contributed by atoms with Crippen LogP contribution in [0.1, 0.15) is 18.1 Å². The molecule has 2 atom stereocenters. The number of aliphatic hydroxyl groups excluding tert-OH is 2. The van der Waals surface area contributed by atoms with E-state index in [-0.39, 0.29) is 22.7 Å². The van der Waals surface area contributed by atoms with Gasteiger partial charge in [0.25, 0.3) is 0 Å². The first-order valence-corrected chi connectivity index (χ1v) is 4.83. The second kappa shape index (κ2) is 5.12. The molecular formula is C10H10ClFN2O2. The van der Waals surface area contributed by atoms with Crippen LogP contribution in [-0.4, -0.2) is 16.3 Å². The Kier molecular flexibility index (Phi) is 4.07. The highest BCUT2D eigenvalue weighted by molar-refractivity contribution is 6.31. The van der Waals surface area contributed by atoms with E-state index in [1.54, 1.807) is 6.07 Å². The van der Waals surface area contributed by atoms with Crippen LogP contribution in [-0.2, 0) is 0 Å². The minimum Gasteiger partial charge on any atom is -0.396 e. The Morgan fingerprint density at radius 1 is 1.50 bits per heavy atom. The number of nitriles is 1. The average Bonchev–Trinajstić information content (AvgIpc) is 2.26. The summed E-state index contributed by atoms with van der Waals surface area (Å²) in [6.07, 6.45) is -3.00. The fourth-order valence-electron chi connectivity index (χ4n) is 1.22. The van der Waals surface area contributed by atoms with Crippen molar-refractivity contribution in [3.63, 3.8) is 0 Å². The van der Waals surface area contributed by atoms with Gasteiger partial charge in [-0.25, -0.2) is 4.39 Å². The van der Waals surface area contributed by atoms with Crippen LogP contribution in [0.15, 0.2) is 12.1 Å². The van der Waals surface area contributed by atoms with Crippen molar-refractivity contribution in [1.29, 1.82) is 5.26 Å². The zero-order valence-electron chi connectivity index (χ0n) is 8.19. The summed E-state index contributed by atoms with van der Waals surface area (Å²) in [5.74, 6) is -0.845. The molecule has 0 bridgehead atoms. The fourth-order valence-corrected chi connectivity index (χ4v) is 1.50. The topological polar surface area (TPSA) is 90.3 Å². The van der Waals surface area contributed by atoms with Gasteiger partial charge in [-0.1, -0.05) is 17.7 Å². The van der Waals surface area contributed by atoms with Crippen LogP contribution < -0.4 is 5.73 Å². The van der Waals surface area contributed by atoms with Crippen LogP contribution in [0.25, 0.3) is 0 Å². The van der Waals surface area contributed by atoms with Gasteiger partial charge in [0.15, 0.2) is 5.82 Å². The molecule has 1 aromatic rings. The normalized spacial score (nSPS) is 14.2. The Labute approximate surface area is 96.7 Å². The molecule has 1 aromatic carbocycles. The van der Waals surface area contributed by atoms with Gasteiger partial charge >= 0.3 is 0 Å². The molecule has 0 amide bonds. The molecule has 0 fully saturated rings. The minimum atomic E-state index is -1.41. The highest BCUT2D eigenvalue weighted by atomic mass is 35.5. The fraction of sp³-hybridized carbons (Fsp3) is 0.300. The van der Waals surface area contributed by atoms with Crippen LogP contribution >= 0.6 is 11.6 Å². The van der Waals surface area contributed by atoms with Crippen molar-refractivity contribution in [1.82, 2.24) is 0 Å². The average molecular weight is 245 g/mol. The zero-order chi connectivity index (χ0) is 12.3. The number of hydrogen-bond acceptors (Lipinski definition) is 4. The van der Waals surface area contributed by atoms with Gasteiger partial charge in [-0.2, -0.15) is 5.26 Å². The molecule has 0 aliphatic heterocycles. The zero-order valence-corrected chi connectivity index (χ0v) is 8.95. The van der Waals surface area contributed by atoms with Crippen molar-refractivity contribution in [3.8, 4) is 6.07 Å². The molecule has 2 unspecified atom stereocenters. The van der Waals surface area contributed by atoms with Crippen molar-refractivity contribution in [2.24, 2.45) is 0 Å². The summed E-state index contributed by atoms with van der Waals surface area (Å²) in [5.41, 5.74) is 5.14. The van der Waals surface area contributed by atoms with Gasteiger partial charge in [-0.15, -0.1) is 0 Å². The van der Waals surface area contributed by atoms with E-state index in [4.69, 9.17) is 22.6 Å². The highest BCUT2D eigenvalue weighted by Crippen LogP contribution is 2.31. The lowest BCUT2D eigenvalue weighted by Crippen LogP contribution is -2.18. The first kappa shape index (κ1) is 12.7.